The topological polar surface area (TPSA) is 146 Å². The van der Waals surface area contributed by atoms with Gasteiger partial charge in [0.1, 0.15) is 17.3 Å². The van der Waals surface area contributed by atoms with E-state index in [0.717, 1.165) is 18.9 Å². The second-order valence-corrected chi connectivity index (χ2v) is 11.0. The number of carbonyl (C=O) groups is 4. The summed E-state index contributed by atoms with van der Waals surface area (Å²) in [4.78, 5) is 53.6. The Bertz CT molecular complexity index is 1290. The minimum Gasteiger partial charge on any atom is -0.368 e. The molecule has 0 spiro atoms. The molecule has 5 rings (SSSR count). The van der Waals surface area contributed by atoms with Crippen molar-refractivity contribution >= 4 is 34.5 Å². The number of halogens is 2. The van der Waals surface area contributed by atoms with E-state index in [2.05, 4.69) is 20.9 Å². The van der Waals surface area contributed by atoms with Crippen LogP contribution in [0.3, 0.4) is 0 Å². The number of amides is 4. The number of primary amides is 1. The molecule has 1 aromatic heterocycles. The zero-order valence-electron chi connectivity index (χ0n) is 20.0. The first-order chi connectivity index (χ1) is 16.9. The monoisotopic (exact) mass is 501 g/mol. The van der Waals surface area contributed by atoms with Crippen molar-refractivity contribution in [2.45, 2.75) is 63.1 Å². The lowest BCUT2D eigenvalue weighted by atomic mass is 9.91. The van der Waals surface area contributed by atoms with Crippen molar-refractivity contribution < 1.29 is 28.0 Å². The summed E-state index contributed by atoms with van der Waals surface area (Å²) < 4.78 is 27.7. The standard InChI is InChI=1S/C25H29F2N5O4/c1-24(2)9-13(21(34)31-24)8-16(20(28)33)30-23(36)25(10-14(25)11-3-4-11)32-22(35)17-7-12-5-6-15(26)18(27)19(12)29-17/h5-7,11,13-14,16,29H,3-4,8-10H2,1-2H3,(H2,28,33)(H,30,36)(H,31,34)(H,32,35)/t13-,14?,16+,25?/m1/s1. The maximum absolute atomic E-state index is 14.1. The third-order valence-corrected chi connectivity index (χ3v) is 7.64. The van der Waals surface area contributed by atoms with Crippen molar-refractivity contribution in [2.24, 2.45) is 23.5 Å². The molecular formula is C25H29F2N5O4. The molecule has 6 N–H and O–H groups in total. The van der Waals surface area contributed by atoms with Gasteiger partial charge in [-0.2, -0.15) is 0 Å². The molecule has 2 saturated carbocycles. The van der Waals surface area contributed by atoms with Gasteiger partial charge in [0, 0.05) is 16.8 Å². The molecule has 2 unspecified atom stereocenters. The minimum atomic E-state index is -1.25. The predicted octanol–water partition coefficient (Wildman–Crippen LogP) is 1.62. The zero-order valence-corrected chi connectivity index (χ0v) is 20.0. The van der Waals surface area contributed by atoms with Crippen LogP contribution >= 0.6 is 0 Å². The minimum absolute atomic E-state index is 0.0144. The lowest BCUT2D eigenvalue weighted by molar-refractivity contribution is -0.130. The Kier molecular flexibility index (Phi) is 5.57. The Hall–Kier alpha value is -3.50. The summed E-state index contributed by atoms with van der Waals surface area (Å²) in [5.41, 5.74) is 3.75. The van der Waals surface area contributed by atoms with Crippen LogP contribution in [0, 0.1) is 29.4 Å². The van der Waals surface area contributed by atoms with Gasteiger partial charge in [-0.3, -0.25) is 19.2 Å². The third-order valence-electron chi connectivity index (χ3n) is 7.64. The summed E-state index contributed by atoms with van der Waals surface area (Å²) in [7, 11) is 0. The molecule has 4 amide bonds. The van der Waals surface area contributed by atoms with Crippen molar-refractivity contribution in [2.75, 3.05) is 0 Å². The highest BCUT2D eigenvalue weighted by Crippen LogP contribution is 2.57. The second-order valence-electron chi connectivity index (χ2n) is 11.0. The average Bonchev–Trinajstić information content (AvgIpc) is 3.69. The fourth-order valence-electron chi connectivity index (χ4n) is 5.55. The maximum atomic E-state index is 14.1. The first kappa shape index (κ1) is 24.2. The normalized spacial score (nSPS) is 27.4. The molecule has 3 aliphatic rings. The van der Waals surface area contributed by atoms with E-state index in [1.165, 1.54) is 12.1 Å². The van der Waals surface area contributed by atoms with E-state index in [9.17, 15) is 28.0 Å². The van der Waals surface area contributed by atoms with Crippen LogP contribution in [0.25, 0.3) is 10.9 Å². The number of nitrogens with two attached hydrogens (primary N) is 1. The Morgan fingerprint density at radius 3 is 2.53 bits per heavy atom. The molecule has 2 aliphatic carbocycles. The SMILES string of the molecule is CC1(C)C[C@@H](C[C@H](NC(=O)C2(NC(=O)c3cc4ccc(F)c(F)c4[nH]3)CC2C2CC2)C(N)=O)C(=O)N1. The highest BCUT2D eigenvalue weighted by Gasteiger charge is 2.66. The molecule has 192 valence electrons. The Morgan fingerprint density at radius 2 is 1.92 bits per heavy atom. The summed E-state index contributed by atoms with van der Waals surface area (Å²) in [6.07, 6.45) is 2.81. The van der Waals surface area contributed by atoms with Crippen LogP contribution < -0.4 is 21.7 Å². The number of aromatic amines is 1. The number of nitrogens with one attached hydrogen (secondary N) is 4. The third kappa shape index (κ3) is 4.31. The molecular weight excluding hydrogens is 472 g/mol. The van der Waals surface area contributed by atoms with Gasteiger partial charge >= 0.3 is 0 Å². The molecule has 9 nitrogen and oxygen atoms in total. The van der Waals surface area contributed by atoms with Gasteiger partial charge in [-0.25, -0.2) is 8.78 Å². The Balaban J connectivity index is 1.34. The number of carbonyl (C=O) groups excluding carboxylic acids is 4. The molecule has 1 aliphatic heterocycles. The van der Waals surface area contributed by atoms with Crippen molar-refractivity contribution in [1.82, 2.24) is 20.9 Å². The summed E-state index contributed by atoms with van der Waals surface area (Å²) in [5, 5.41) is 8.64. The van der Waals surface area contributed by atoms with Crippen LogP contribution in [0.2, 0.25) is 0 Å². The van der Waals surface area contributed by atoms with Crippen molar-refractivity contribution in [3.63, 3.8) is 0 Å². The molecule has 4 atom stereocenters. The van der Waals surface area contributed by atoms with Crippen LogP contribution in [0.1, 0.15) is 56.4 Å². The van der Waals surface area contributed by atoms with Crippen LogP contribution in [-0.4, -0.2) is 45.7 Å². The summed E-state index contributed by atoms with van der Waals surface area (Å²) in [5.74, 6) is -4.60. The maximum Gasteiger partial charge on any atom is 0.268 e. The van der Waals surface area contributed by atoms with Crippen molar-refractivity contribution in [1.29, 1.82) is 0 Å². The van der Waals surface area contributed by atoms with Crippen LogP contribution in [0.5, 0.6) is 0 Å². The number of H-pyrrole nitrogens is 1. The first-order valence-corrected chi connectivity index (χ1v) is 12.1. The molecule has 1 saturated heterocycles. The lowest BCUT2D eigenvalue weighted by Gasteiger charge is -2.24. The van der Waals surface area contributed by atoms with Gasteiger partial charge in [-0.15, -0.1) is 0 Å². The van der Waals surface area contributed by atoms with Gasteiger partial charge in [0.05, 0.1) is 5.52 Å². The number of benzene rings is 1. The van der Waals surface area contributed by atoms with E-state index in [1.54, 1.807) is 0 Å². The Morgan fingerprint density at radius 1 is 1.19 bits per heavy atom. The molecule has 3 fully saturated rings. The van der Waals surface area contributed by atoms with E-state index in [4.69, 9.17) is 5.73 Å². The second kappa shape index (κ2) is 8.28. The molecule has 36 heavy (non-hydrogen) atoms. The molecule has 2 aromatic rings. The predicted molar refractivity (Wildman–Crippen MR) is 125 cm³/mol. The highest BCUT2D eigenvalue weighted by atomic mass is 19.2. The quantitative estimate of drug-likeness (QED) is 0.374. The summed E-state index contributed by atoms with van der Waals surface area (Å²) in [6, 6.07) is 2.63. The van der Waals surface area contributed by atoms with Crippen LogP contribution in [0.15, 0.2) is 18.2 Å². The number of fused-ring (bicyclic) bond motifs is 1. The van der Waals surface area contributed by atoms with E-state index in [-0.39, 0.29) is 35.4 Å². The smallest absolute Gasteiger partial charge is 0.268 e. The van der Waals surface area contributed by atoms with Gasteiger partial charge in [-0.1, -0.05) is 0 Å². The van der Waals surface area contributed by atoms with Gasteiger partial charge in [0.15, 0.2) is 11.6 Å². The average molecular weight is 502 g/mol. The van der Waals surface area contributed by atoms with E-state index in [1.807, 2.05) is 13.8 Å². The molecule has 1 aromatic carbocycles. The van der Waals surface area contributed by atoms with Crippen LogP contribution in [-0.2, 0) is 14.4 Å². The summed E-state index contributed by atoms with van der Waals surface area (Å²) in [6.45, 7) is 3.75. The van der Waals surface area contributed by atoms with Crippen molar-refractivity contribution in [3.05, 3.63) is 35.5 Å². The van der Waals surface area contributed by atoms with Crippen LogP contribution in [0.4, 0.5) is 8.78 Å². The number of aromatic nitrogens is 1. The van der Waals surface area contributed by atoms with E-state index < -0.39 is 52.4 Å². The summed E-state index contributed by atoms with van der Waals surface area (Å²) >= 11 is 0. The number of hydrogen-bond donors (Lipinski definition) is 5. The number of hydrogen-bond acceptors (Lipinski definition) is 4. The highest BCUT2D eigenvalue weighted by molar-refractivity contribution is 6.03. The molecule has 2 heterocycles. The zero-order chi connectivity index (χ0) is 26.0. The molecule has 0 bridgehead atoms. The van der Waals surface area contributed by atoms with Gasteiger partial charge < -0.3 is 26.7 Å². The van der Waals surface area contributed by atoms with E-state index in [0.29, 0.717) is 18.2 Å². The molecule has 0 radical (unpaired) electrons. The molecule has 11 heteroatoms. The van der Waals surface area contributed by atoms with Gasteiger partial charge in [0.2, 0.25) is 17.7 Å². The largest absolute Gasteiger partial charge is 0.368 e. The number of rotatable bonds is 8. The first-order valence-electron chi connectivity index (χ1n) is 12.1. The Labute approximate surface area is 205 Å². The fourth-order valence-corrected chi connectivity index (χ4v) is 5.55. The van der Waals surface area contributed by atoms with E-state index >= 15 is 0 Å². The van der Waals surface area contributed by atoms with Gasteiger partial charge in [-0.05, 0) is 76.0 Å². The van der Waals surface area contributed by atoms with Crippen molar-refractivity contribution in [3.8, 4) is 0 Å². The van der Waals surface area contributed by atoms with Gasteiger partial charge in [0.25, 0.3) is 5.91 Å². The lowest BCUT2D eigenvalue weighted by Crippen LogP contribution is -2.56. The fraction of sp³-hybridized carbons (Fsp3) is 0.520.